The van der Waals surface area contributed by atoms with Crippen molar-refractivity contribution in [3.05, 3.63) is 35.4 Å². The number of nitrogens with one attached hydrogen (secondary N) is 2. The van der Waals surface area contributed by atoms with Crippen molar-refractivity contribution in [2.24, 2.45) is 4.99 Å². The van der Waals surface area contributed by atoms with E-state index in [4.69, 9.17) is 5.26 Å². The van der Waals surface area contributed by atoms with Gasteiger partial charge in [0.25, 0.3) is 0 Å². The van der Waals surface area contributed by atoms with Gasteiger partial charge in [-0.25, -0.2) is 8.42 Å². The first-order chi connectivity index (χ1) is 10.0. The van der Waals surface area contributed by atoms with Gasteiger partial charge in [0.15, 0.2) is 15.8 Å². The molecule has 1 aromatic carbocycles. The summed E-state index contributed by atoms with van der Waals surface area (Å²) < 4.78 is 22.8. The van der Waals surface area contributed by atoms with Gasteiger partial charge >= 0.3 is 0 Å². The summed E-state index contributed by atoms with van der Waals surface area (Å²) >= 11 is 0. The van der Waals surface area contributed by atoms with E-state index in [1.165, 1.54) is 0 Å². The van der Waals surface area contributed by atoms with Crippen LogP contribution in [-0.4, -0.2) is 39.0 Å². The molecule has 112 valence electrons. The number of sulfone groups is 1. The Morgan fingerprint density at radius 3 is 2.67 bits per heavy atom. The van der Waals surface area contributed by atoms with Crippen LogP contribution in [0.4, 0.5) is 0 Å². The Bertz CT molecular complexity index is 659. The summed E-state index contributed by atoms with van der Waals surface area (Å²) in [5.41, 5.74) is 1.65. The molecule has 1 aliphatic rings. The lowest BCUT2D eigenvalue weighted by molar-refractivity contribution is 0.599. The van der Waals surface area contributed by atoms with E-state index in [0.29, 0.717) is 24.5 Å². The SMILES string of the molecule is CN=C(NCc1ccc(C#N)cc1)NC1CCS(=O)(=O)C1. The Kier molecular flexibility index (Phi) is 4.81. The normalized spacial score (nSPS) is 20.8. The first kappa shape index (κ1) is 15.3. The minimum atomic E-state index is -2.90. The van der Waals surface area contributed by atoms with E-state index in [1.54, 1.807) is 19.2 Å². The van der Waals surface area contributed by atoms with Crippen LogP contribution in [0.2, 0.25) is 0 Å². The fourth-order valence-electron chi connectivity index (χ4n) is 2.18. The molecule has 1 unspecified atom stereocenters. The Balaban J connectivity index is 1.87. The molecule has 0 amide bonds. The third kappa shape index (κ3) is 4.46. The van der Waals surface area contributed by atoms with Crippen LogP contribution >= 0.6 is 0 Å². The number of hydrogen-bond donors (Lipinski definition) is 2. The van der Waals surface area contributed by atoms with Crippen LogP contribution < -0.4 is 10.6 Å². The molecule has 1 aromatic rings. The van der Waals surface area contributed by atoms with Crippen molar-refractivity contribution in [1.29, 1.82) is 5.26 Å². The largest absolute Gasteiger partial charge is 0.353 e. The van der Waals surface area contributed by atoms with E-state index in [0.717, 1.165) is 5.56 Å². The van der Waals surface area contributed by atoms with E-state index in [2.05, 4.69) is 21.7 Å². The topological polar surface area (TPSA) is 94.3 Å². The van der Waals surface area contributed by atoms with Crippen molar-refractivity contribution in [2.75, 3.05) is 18.6 Å². The highest BCUT2D eigenvalue weighted by Gasteiger charge is 2.28. The molecule has 2 rings (SSSR count). The molecular formula is C14H18N4O2S. The van der Waals surface area contributed by atoms with Crippen molar-refractivity contribution in [1.82, 2.24) is 10.6 Å². The molecule has 0 spiro atoms. The van der Waals surface area contributed by atoms with Gasteiger partial charge in [0.2, 0.25) is 0 Å². The lowest BCUT2D eigenvalue weighted by Crippen LogP contribution is -2.43. The van der Waals surface area contributed by atoms with Gasteiger partial charge in [0.1, 0.15) is 0 Å². The van der Waals surface area contributed by atoms with Crippen molar-refractivity contribution in [2.45, 2.75) is 19.0 Å². The van der Waals surface area contributed by atoms with Gasteiger partial charge in [-0.2, -0.15) is 5.26 Å². The van der Waals surface area contributed by atoms with E-state index in [-0.39, 0.29) is 17.5 Å². The average Bonchev–Trinajstić information content (AvgIpc) is 2.83. The minimum absolute atomic E-state index is 0.0813. The maximum Gasteiger partial charge on any atom is 0.191 e. The van der Waals surface area contributed by atoms with E-state index < -0.39 is 9.84 Å². The molecule has 1 atom stereocenters. The molecule has 2 N–H and O–H groups in total. The third-order valence-corrected chi connectivity index (χ3v) is 5.11. The van der Waals surface area contributed by atoms with Crippen molar-refractivity contribution in [3.8, 4) is 6.07 Å². The maximum absolute atomic E-state index is 11.4. The quantitative estimate of drug-likeness (QED) is 0.623. The molecule has 1 heterocycles. The number of aliphatic imine (C=N–C) groups is 1. The fourth-order valence-corrected chi connectivity index (χ4v) is 3.85. The second kappa shape index (κ2) is 6.59. The van der Waals surface area contributed by atoms with E-state index in [9.17, 15) is 8.42 Å². The molecule has 1 saturated heterocycles. The van der Waals surface area contributed by atoms with Gasteiger partial charge in [0, 0.05) is 19.6 Å². The zero-order valence-electron chi connectivity index (χ0n) is 11.8. The van der Waals surface area contributed by atoms with Gasteiger partial charge < -0.3 is 10.6 Å². The molecule has 0 bridgehead atoms. The van der Waals surface area contributed by atoms with Crippen molar-refractivity contribution in [3.63, 3.8) is 0 Å². The van der Waals surface area contributed by atoms with Gasteiger partial charge in [-0.05, 0) is 24.1 Å². The van der Waals surface area contributed by atoms with Crippen LogP contribution in [-0.2, 0) is 16.4 Å². The highest BCUT2D eigenvalue weighted by molar-refractivity contribution is 7.91. The first-order valence-electron chi connectivity index (χ1n) is 6.69. The Morgan fingerprint density at radius 2 is 2.14 bits per heavy atom. The molecule has 0 aromatic heterocycles. The number of nitriles is 1. The highest BCUT2D eigenvalue weighted by atomic mass is 32.2. The van der Waals surface area contributed by atoms with Crippen LogP contribution in [0.1, 0.15) is 17.5 Å². The third-order valence-electron chi connectivity index (χ3n) is 3.34. The first-order valence-corrected chi connectivity index (χ1v) is 8.51. The molecule has 0 radical (unpaired) electrons. The van der Waals surface area contributed by atoms with Crippen LogP contribution in [0.15, 0.2) is 29.3 Å². The van der Waals surface area contributed by atoms with Gasteiger partial charge in [0.05, 0.1) is 23.1 Å². The van der Waals surface area contributed by atoms with Crippen LogP contribution in [0.5, 0.6) is 0 Å². The van der Waals surface area contributed by atoms with Crippen LogP contribution in [0.3, 0.4) is 0 Å². The summed E-state index contributed by atoms with van der Waals surface area (Å²) in [5.74, 6) is 0.975. The molecule has 21 heavy (non-hydrogen) atoms. The predicted molar refractivity (Wildman–Crippen MR) is 81.6 cm³/mol. The average molecular weight is 306 g/mol. The van der Waals surface area contributed by atoms with Gasteiger partial charge in [-0.15, -0.1) is 0 Å². The molecule has 0 saturated carbocycles. The predicted octanol–water partition coefficient (Wildman–Crippen LogP) is 0.410. The maximum atomic E-state index is 11.4. The summed E-state index contributed by atoms with van der Waals surface area (Å²) in [6.07, 6.45) is 0.611. The summed E-state index contributed by atoms with van der Waals surface area (Å²) in [6.45, 7) is 0.560. The standard InChI is InChI=1S/C14H18N4O2S/c1-16-14(18-13-6-7-21(19,20)10-13)17-9-12-4-2-11(8-15)3-5-12/h2-5,13H,6-7,9-10H2,1H3,(H2,16,17,18). The second-order valence-corrected chi connectivity index (χ2v) is 7.21. The number of benzene rings is 1. The Labute approximate surface area is 124 Å². The molecule has 1 aliphatic heterocycles. The Hall–Kier alpha value is -2.07. The van der Waals surface area contributed by atoms with E-state index in [1.807, 2.05) is 12.1 Å². The number of guanidine groups is 1. The lowest BCUT2D eigenvalue weighted by atomic mass is 10.1. The second-order valence-electron chi connectivity index (χ2n) is 4.98. The minimum Gasteiger partial charge on any atom is -0.353 e. The number of hydrogen-bond acceptors (Lipinski definition) is 4. The highest BCUT2D eigenvalue weighted by Crippen LogP contribution is 2.11. The van der Waals surface area contributed by atoms with Gasteiger partial charge in [-0.1, -0.05) is 12.1 Å². The van der Waals surface area contributed by atoms with Crippen molar-refractivity contribution >= 4 is 15.8 Å². The Morgan fingerprint density at radius 1 is 1.43 bits per heavy atom. The van der Waals surface area contributed by atoms with Crippen molar-refractivity contribution < 1.29 is 8.42 Å². The van der Waals surface area contributed by atoms with Crippen LogP contribution in [0.25, 0.3) is 0 Å². The summed E-state index contributed by atoms with van der Waals surface area (Å²) in [7, 11) is -1.25. The lowest BCUT2D eigenvalue weighted by Gasteiger charge is -2.16. The fraction of sp³-hybridized carbons (Fsp3) is 0.429. The molecule has 1 fully saturated rings. The van der Waals surface area contributed by atoms with Gasteiger partial charge in [-0.3, -0.25) is 4.99 Å². The monoisotopic (exact) mass is 306 g/mol. The summed E-state index contributed by atoms with van der Waals surface area (Å²) in [5, 5.41) is 15.0. The van der Waals surface area contributed by atoms with Crippen LogP contribution in [0, 0.1) is 11.3 Å². The number of rotatable bonds is 3. The number of nitrogens with zero attached hydrogens (tertiary/aromatic N) is 2. The zero-order valence-corrected chi connectivity index (χ0v) is 12.7. The smallest absolute Gasteiger partial charge is 0.191 e. The molecule has 6 nitrogen and oxygen atoms in total. The zero-order chi connectivity index (χ0) is 15.3. The summed E-state index contributed by atoms with van der Waals surface area (Å²) in [4.78, 5) is 4.10. The molecule has 0 aliphatic carbocycles. The van der Waals surface area contributed by atoms with E-state index >= 15 is 0 Å². The molecule has 7 heteroatoms. The molecular weight excluding hydrogens is 288 g/mol. The summed E-state index contributed by atoms with van der Waals surface area (Å²) in [6, 6.07) is 9.26.